The zero-order valence-corrected chi connectivity index (χ0v) is 11.5. The van der Waals surface area contributed by atoms with Crippen molar-refractivity contribution >= 4 is 15.9 Å². The fraction of sp³-hybridized carbons (Fsp3) is 0.231. The third-order valence-corrected chi connectivity index (χ3v) is 3.63. The summed E-state index contributed by atoms with van der Waals surface area (Å²) in [5.74, 6) is 0. The van der Waals surface area contributed by atoms with E-state index in [1.807, 2.05) is 24.3 Å². The Labute approximate surface area is 113 Å². The fourth-order valence-corrected chi connectivity index (χ4v) is 1.94. The number of benzene rings is 1. The molecule has 0 aliphatic heterocycles. The first-order chi connectivity index (χ1) is 8.61. The van der Waals surface area contributed by atoms with Crippen LogP contribution in [0.1, 0.15) is 16.8 Å². The normalized spacial score (nSPS) is 10.6. The molecular weight excluding hydrogens is 296 g/mol. The minimum Gasteiger partial charge on any atom is -0.392 e. The summed E-state index contributed by atoms with van der Waals surface area (Å²) in [6.45, 7) is 2.28. The summed E-state index contributed by atoms with van der Waals surface area (Å²) in [4.78, 5) is 16.1. The summed E-state index contributed by atoms with van der Waals surface area (Å²) in [7, 11) is 0. The Morgan fingerprint density at radius 1 is 1.28 bits per heavy atom. The van der Waals surface area contributed by atoms with Gasteiger partial charge in [-0.3, -0.25) is 9.36 Å². The van der Waals surface area contributed by atoms with Gasteiger partial charge in [-0.25, -0.2) is 4.98 Å². The lowest BCUT2D eigenvalue weighted by atomic mass is 10.1. The number of aryl methyl sites for hydroxylation is 1. The van der Waals surface area contributed by atoms with Gasteiger partial charge in [0.25, 0.3) is 5.56 Å². The van der Waals surface area contributed by atoms with E-state index in [1.54, 1.807) is 17.8 Å². The second-order valence-corrected chi connectivity index (χ2v) is 4.84. The Hall–Kier alpha value is -1.46. The van der Waals surface area contributed by atoms with Crippen LogP contribution in [0.25, 0.3) is 0 Å². The van der Waals surface area contributed by atoms with E-state index in [0.717, 1.165) is 11.1 Å². The summed E-state index contributed by atoms with van der Waals surface area (Å²) in [6.07, 6.45) is 1.54. The second-order valence-electron chi connectivity index (χ2n) is 4.05. The maximum atomic E-state index is 12.0. The topological polar surface area (TPSA) is 55.1 Å². The van der Waals surface area contributed by atoms with Crippen LogP contribution in [0.4, 0.5) is 0 Å². The summed E-state index contributed by atoms with van der Waals surface area (Å²) in [6, 6.07) is 7.48. The average molecular weight is 309 g/mol. The summed E-state index contributed by atoms with van der Waals surface area (Å²) >= 11 is 3.24. The maximum absolute atomic E-state index is 12.0. The van der Waals surface area contributed by atoms with Crippen molar-refractivity contribution in [2.75, 3.05) is 0 Å². The van der Waals surface area contributed by atoms with Crippen LogP contribution in [0, 0.1) is 6.92 Å². The zero-order chi connectivity index (χ0) is 13.1. The van der Waals surface area contributed by atoms with Crippen molar-refractivity contribution in [1.82, 2.24) is 9.55 Å². The van der Waals surface area contributed by atoms with Crippen LogP contribution < -0.4 is 5.56 Å². The van der Waals surface area contributed by atoms with Gasteiger partial charge in [-0.2, -0.15) is 0 Å². The van der Waals surface area contributed by atoms with Gasteiger partial charge >= 0.3 is 0 Å². The molecule has 1 N–H and O–H groups in total. The molecular formula is C13H13BrN2O2. The molecule has 0 unspecified atom stereocenters. The van der Waals surface area contributed by atoms with Gasteiger partial charge in [0.2, 0.25) is 0 Å². The molecule has 1 aromatic heterocycles. The van der Waals surface area contributed by atoms with Crippen LogP contribution >= 0.6 is 15.9 Å². The molecule has 94 valence electrons. The molecule has 18 heavy (non-hydrogen) atoms. The van der Waals surface area contributed by atoms with Crippen molar-refractivity contribution in [1.29, 1.82) is 0 Å². The van der Waals surface area contributed by atoms with Gasteiger partial charge in [-0.15, -0.1) is 0 Å². The number of aromatic nitrogens is 2. The molecule has 0 saturated heterocycles. The molecule has 0 fully saturated rings. The van der Waals surface area contributed by atoms with Crippen LogP contribution in [0.15, 0.2) is 39.9 Å². The van der Waals surface area contributed by atoms with E-state index in [4.69, 9.17) is 5.11 Å². The summed E-state index contributed by atoms with van der Waals surface area (Å²) < 4.78 is 2.04. The molecule has 0 aliphatic carbocycles. The van der Waals surface area contributed by atoms with Gasteiger partial charge in [0.1, 0.15) is 4.47 Å². The highest BCUT2D eigenvalue weighted by atomic mass is 79.9. The molecule has 0 atom stereocenters. The molecule has 2 aromatic rings. The van der Waals surface area contributed by atoms with Crippen molar-refractivity contribution < 1.29 is 5.11 Å². The van der Waals surface area contributed by atoms with Crippen LogP contribution in [-0.2, 0) is 13.2 Å². The van der Waals surface area contributed by atoms with E-state index in [1.165, 1.54) is 0 Å². The third kappa shape index (κ3) is 2.68. The molecule has 0 radical (unpaired) electrons. The highest BCUT2D eigenvalue weighted by molar-refractivity contribution is 9.10. The Bertz CT molecular complexity index is 605. The minimum atomic E-state index is -0.0891. The third-order valence-electron chi connectivity index (χ3n) is 2.72. The Balaban J connectivity index is 2.28. The molecule has 0 aliphatic rings. The molecule has 2 rings (SSSR count). The van der Waals surface area contributed by atoms with Gasteiger partial charge < -0.3 is 5.11 Å². The smallest absolute Gasteiger partial charge is 0.268 e. The van der Waals surface area contributed by atoms with Gasteiger partial charge in [0, 0.05) is 0 Å². The highest BCUT2D eigenvalue weighted by Crippen LogP contribution is 2.09. The molecule has 0 saturated carbocycles. The van der Waals surface area contributed by atoms with Crippen molar-refractivity contribution in [3.8, 4) is 0 Å². The predicted octanol–water partition coefficient (Wildman–Crippen LogP) is 1.85. The molecule has 1 aromatic carbocycles. The molecule has 1 heterocycles. The van der Waals surface area contributed by atoms with Gasteiger partial charge in [0.05, 0.1) is 25.2 Å². The van der Waals surface area contributed by atoms with Gasteiger partial charge in [-0.1, -0.05) is 24.3 Å². The zero-order valence-electron chi connectivity index (χ0n) is 9.93. The lowest BCUT2D eigenvalue weighted by molar-refractivity contribution is 0.282. The first-order valence-electron chi connectivity index (χ1n) is 5.52. The van der Waals surface area contributed by atoms with Crippen LogP contribution in [0.3, 0.4) is 0 Å². The summed E-state index contributed by atoms with van der Waals surface area (Å²) in [5, 5.41) is 8.96. The standard InChI is InChI=1S/C13H13BrN2O2/c1-9-12(14)13(18)16(8-15-9)6-10-2-4-11(7-17)5-3-10/h2-5,8,17H,6-7H2,1H3. The largest absolute Gasteiger partial charge is 0.392 e. The van der Waals surface area contributed by atoms with Crippen molar-refractivity contribution in [2.24, 2.45) is 0 Å². The number of hydrogen-bond donors (Lipinski definition) is 1. The number of hydrogen-bond acceptors (Lipinski definition) is 3. The van der Waals surface area contributed by atoms with Crippen molar-refractivity contribution in [2.45, 2.75) is 20.1 Å². The molecule has 5 heteroatoms. The highest BCUT2D eigenvalue weighted by Gasteiger charge is 2.05. The Morgan fingerprint density at radius 3 is 2.50 bits per heavy atom. The van der Waals surface area contributed by atoms with E-state index in [2.05, 4.69) is 20.9 Å². The predicted molar refractivity (Wildman–Crippen MR) is 72.4 cm³/mol. The summed E-state index contributed by atoms with van der Waals surface area (Å²) in [5.41, 5.74) is 2.45. The number of aliphatic hydroxyl groups excluding tert-OH is 1. The lowest BCUT2D eigenvalue weighted by Gasteiger charge is -2.07. The van der Waals surface area contributed by atoms with Crippen LogP contribution in [0.5, 0.6) is 0 Å². The Kier molecular flexibility index (Phi) is 3.93. The Morgan fingerprint density at radius 2 is 1.89 bits per heavy atom. The molecule has 4 nitrogen and oxygen atoms in total. The monoisotopic (exact) mass is 308 g/mol. The number of aliphatic hydroxyl groups is 1. The lowest BCUT2D eigenvalue weighted by Crippen LogP contribution is -2.22. The van der Waals surface area contributed by atoms with Crippen molar-refractivity contribution in [3.63, 3.8) is 0 Å². The van der Waals surface area contributed by atoms with Crippen LogP contribution in [0.2, 0.25) is 0 Å². The number of nitrogens with zero attached hydrogens (tertiary/aromatic N) is 2. The minimum absolute atomic E-state index is 0.0257. The quantitative estimate of drug-likeness (QED) is 0.941. The molecule has 0 spiro atoms. The van der Waals surface area contributed by atoms with E-state index in [0.29, 0.717) is 16.7 Å². The van der Waals surface area contributed by atoms with Gasteiger partial charge in [0.15, 0.2) is 0 Å². The first-order valence-corrected chi connectivity index (χ1v) is 6.31. The van der Waals surface area contributed by atoms with Crippen molar-refractivity contribution in [3.05, 3.63) is 62.2 Å². The van der Waals surface area contributed by atoms with E-state index in [9.17, 15) is 4.79 Å². The fourth-order valence-electron chi connectivity index (χ4n) is 1.61. The second kappa shape index (κ2) is 5.46. The van der Waals surface area contributed by atoms with E-state index in [-0.39, 0.29) is 12.2 Å². The van der Waals surface area contributed by atoms with E-state index < -0.39 is 0 Å². The van der Waals surface area contributed by atoms with Gasteiger partial charge in [-0.05, 0) is 34.0 Å². The SMILES string of the molecule is Cc1ncn(Cc2ccc(CO)cc2)c(=O)c1Br. The molecule has 0 bridgehead atoms. The number of halogens is 1. The average Bonchev–Trinajstić information content (AvgIpc) is 2.40. The number of rotatable bonds is 3. The van der Waals surface area contributed by atoms with Crippen LogP contribution in [-0.4, -0.2) is 14.7 Å². The maximum Gasteiger partial charge on any atom is 0.268 e. The first kappa shape index (κ1) is 13.0. The molecule has 0 amide bonds. The van der Waals surface area contributed by atoms with E-state index >= 15 is 0 Å².